The summed E-state index contributed by atoms with van der Waals surface area (Å²) in [6.07, 6.45) is 6.36. The molecule has 6 rings (SSSR count). The van der Waals surface area contributed by atoms with Gasteiger partial charge in [0.25, 0.3) is 0 Å². The topological polar surface area (TPSA) is 74.8 Å². The fourth-order valence-corrected chi connectivity index (χ4v) is 7.08. The molecule has 0 spiro atoms. The minimum atomic E-state index is -0.889. The summed E-state index contributed by atoms with van der Waals surface area (Å²) in [5.74, 6) is -2.46. The van der Waals surface area contributed by atoms with Crippen molar-refractivity contribution in [2.24, 2.45) is 0 Å². The number of amides is 2. The second kappa shape index (κ2) is 17.1. The number of ketones is 2. The highest BCUT2D eigenvalue weighted by atomic mass is 35.5. The minimum absolute atomic E-state index is 0.187. The highest BCUT2D eigenvalue weighted by molar-refractivity contribution is 6.44. The molecule has 2 aliphatic heterocycles. The zero-order valence-corrected chi connectivity index (χ0v) is 33.7. The summed E-state index contributed by atoms with van der Waals surface area (Å²) in [5.41, 5.74) is 3.14. The van der Waals surface area contributed by atoms with Gasteiger partial charge in [-0.1, -0.05) is 117 Å². The first-order chi connectivity index (χ1) is 25.7. The molecule has 2 heterocycles. The van der Waals surface area contributed by atoms with E-state index in [4.69, 9.17) is 92.8 Å². The highest BCUT2D eigenvalue weighted by Gasteiger charge is 2.37. The van der Waals surface area contributed by atoms with Crippen LogP contribution in [0.15, 0.2) is 95.1 Å². The smallest absolute Gasteiger partial charge is 0.312 e. The van der Waals surface area contributed by atoms with E-state index in [1.165, 1.54) is 9.80 Å². The first-order valence-corrected chi connectivity index (χ1v) is 19.0. The van der Waals surface area contributed by atoms with E-state index in [0.29, 0.717) is 42.3 Å². The van der Waals surface area contributed by atoms with E-state index < -0.39 is 11.8 Å². The number of nitrogens with zero attached hydrogens (tertiary/aromatic N) is 2. The maximum Gasteiger partial charge on any atom is 0.312 e. The third-order valence-corrected chi connectivity index (χ3v) is 11.5. The molecule has 0 saturated carbocycles. The number of rotatable bonds is 4. The van der Waals surface area contributed by atoms with Gasteiger partial charge in [-0.25, -0.2) is 0 Å². The summed E-state index contributed by atoms with van der Waals surface area (Å²) in [6, 6.07) is 19.4. The number of halogens is 8. The lowest BCUT2D eigenvalue weighted by atomic mass is 9.93. The first-order valence-electron chi connectivity index (χ1n) is 16.0. The fraction of sp³-hybridized carbons (Fsp3) is 0.100. The minimum Gasteiger partial charge on any atom is -0.325 e. The highest BCUT2D eigenvalue weighted by Crippen LogP contribution is 2.31. The molecule has 2 saturated heterocycles. The number of likely N-dealkylation sites (tertiary alicyclic amines) is 2. The van der Waals surface area contributed by atoms with E-state index in [2.05, 4.69) is 0 Å². The molecule has 0 aromatic heterocycles. The van der Waals surface area contributed by atoms with Gasteiger partial charge < -0.3 is 9.80 Å². The van der Waals surface area contributed by atoms with Crippen molar-refractivity contribution in [3.8, 4) is 0 Å². The van der Waals surface area contributed by atoms with Crippen LogP contribution in [0.1, 0.15) is 22.3 Å². The lowest BCUT2D eigenvalue weighted by Crippen LogP contribution is -2.52. The molecule has 2 fully saturated rings. The van der Waals surface area contributed by atoms with Crippen molar-refractivity contribution in [3.63, 3.8) is 0 Å². The van der Waals surface area contributed by atoms with Crippen molar-refractivity contribution in [3.05, 3.63) is 158 Å². The molecular weight excluding hydrogens is 856 g/mol. The molecule has 54 heavy (non-hydrogen) atoms. The summed E-state index contributed by atoms with van der Waals surface area (Å²) in [6.45, 7) is -0.750. The van der Waals surface area contributed by atoms with Gasteiger partial charge in [-0.3, -0.25) is 19.2 Å². The van der Waals surface area contributed by atoms with Crippen LogP contribution in [0, 0.1) is 0 Å². The van der Waals surface area contributed by atoms with E-state index >= 15 is 0 Å². The molecule has 0 N–H and O–H groups in total. The van der Waals surface area contributed by atoms with Gasteiger partial charge in [0.15, 0.2) is 11.6 Å². The van der Waals surface area contributed by atoms with Gasteiger partial charge in [0.2, 0.25) is 0 Å². The van der Waals surface area contributed by atoms with Gasteiger partial charge in [-0.15, -0.1) is 0 Å². The lowest BCUT2D eigenvalue weighted by molar-refractivity contribution is -0.151. The van der Waals surface area contributed by atoms with Gasteiger partial charge in [-0.05, 0) is 95.1 Å². The van der Waals surface area contributed by atoms with Crippen LogP contribution in [0.25, 0.3) is 24.3 Å². The van der Waals surface area contributed by atoms with Crippen molar-refractivity contribution in [1.29, 1.82) is 0 Å². The summed E-state index contributed by atoms with van der Waals surface area (Å²) in [4.78, 5) is 58.6. The summed E-state index contributed by atoms with van der Waals surface area (Å²) in [7, 11) is 0. The number of hydrogen-bond acceptors (Lipinski definition) is 4. The SMILES string of the molecule is O=C1/C(=C/c2ccc(Cl)c(Cl)c2)CN(C(=O)C(=O)N2C/C(=C\c3ccc(Cl)c(Cl)c3)C(=O)/C(=C/c3ccc(Cl)c(Cl)c3)C2)C/C1=C\c1ccc(Cl)c(Cl)c1. The molecule has 4 aromatic carbocycles. The van der Waals surface area contributed by atoms with Crippen molar-refractivity contribution >= 4 is 140 Å². The Balaban J connectivity index is 1.37. The van der Waals surface area contributed by atoms with Crippen LogP contribution in [-0.2, 0) is 19.2 Å². The molecule has 4 aromatic rings. The molecule has 0 radical (unpaired) electrons. The van der Waals surface area contributed by atoms with Gasteiger partial charge in [-0.2, -0.15) is 0 Å². The molecule has 0 bridgehead atoms. The lowest BCUT2D eigenvalue weighted by Gasteiger charge is -2.34. The maximum absolute atomic E-state index is 14.2. The largest absolute Gasteiger partial charge is 0.325 e. The molecule has 2 aliphatic rings. The van der Waals surface area contributed by atoms with E-state index in [9.17, 15) is 19.2 Å². The van der Waals surface area contributed by atoms with Crippen LogP contribution in [0.4, 0.5) is 0 Å². The first kappa shape index (κ1) is 40.1. The zero-order chi connectivity index (χ0) is 38.8. The summed E-state index contributed by atoms with van der Waals surface area (Å²) < 4.78 is 0. The quantitative estimate of drug-likeness (QED) is 0.151. The number of carbonyl (C=O) groups excluding carboxylic acids is 4. The van der Waals surface area contributed by atoms with Crippen molar-refractivity contribution < 1.29 is 19.2 Å². The maximum atomic E-state index is 14.2. The third kappa shape index (κ3) is 9.27. The van der Waals surface area contributed by atoms with Gasteiger partial charge in [0, 0.05) is 22.3 Å². The van der Waals surface area contributed by atoms with Crippen LogP contribution in [0.2, 0.25) is 40.2 Å². The Labute approximate surface area is 350 Å². The Bertz CT molecular complexity index is 2070. The average molecular weight is 880 g/mol. The third-order valence-electron chi connectivity index (χ3n) is 8.51. The fourth-order valence-electron chi connectivity index (χ4n) is 5.85. The number of piperidine rings is 2. The molecule has 274 valence electrons. The van der Waals surface area contributed by atoms with Crippen molar-refractivity contribution in [2.45, 2.75) is 0 Å². The molecule has 0 unspecified atom stereocenters. The monoisotopic (exact) mass is 876 g/mol. The van der Waals surface area contributed by atoms with Gasteiger partial charge >= 0.3 is 11.8 Å². The molecule has 0 aliphatic carbocycles. The zero-order valence-electron chi connectivity index (χ0n) is 27.6. The van der Waals surface area contributed by atoms with E-state index in [-0.39, 0.29) is 80.1 Å². The predicted octanol–water partition coefficient (Wildman–Crippen LogP) is 11.4. The Morgan fingerprint density at radius 2 is 0.611 bits per heavy atom. The van der Waals surface area contributed by atoms with Gasteiger partial charge in [0.1, 0.15) is 0 Å². The Kier molecular flexibility index (Phi) is 12.7. The molecule has 14 heteroatoms. The molecule has 0 atom stereocenters. The number of hydrogen-bond donors (Lipinski definition) is 0. The number of carbonyl (C=O) groups is 4. The Morgan fingerprint density at radius 3 is 0.815 bits per heavy atom. The second-order valence-corrected chi connectivity index (χ2v) is 15.6. The molecule has 6 nitrogen and oxygen atoms in total. The Hall–Kier alpha value is -3.56. The van der Waals surface area contributed by atoms with Crippen LogP contribution in [0.3, 0.4) is 0 Å². The number of Topliss-reactive ketones (excluding diaryl/α,β-unsaturated/α-hetero) is 2. The van der Waals surface area contributed by atoms with Crippen LogP contribution in [0.5, 0.6) is 0 Å². The van der Waals surface area contributed by atoms with Crippen LogP contribution < -0.4 is 0 Å². The van der Waals surface area contributed by atoms with E-state index in [0.717, 1.165) is 0 Å². The number of benzene rings is 4. The average Bonchev–Trinajstić information content (AvgIpc) is 3.13. The van der Waals surface area contributed by atoms with Crippen LogP contribution >= 0.6 is 92.8 Å². The Morgan fingerprint density at radius 1 is 0.389 bits per heavy atom. The summed E-state index contributed by atoms with van der Waals surface area (Å²) >= 11 is 49.5. The van der Waals surface area contributed by atoms with Crippen molar-refractivity contribution in [1.82, 2.24) is 9.80 Å². The van der Waals surface area contributed by atoms with Crippen LogP contribution in [-0.4, -0.2) is 59.4 Å². The van der Waals surface area contributed by atoms with Gasteiger partial charge in [0.05, 0.1) is 66.4 Å². The standard InChI is InChI=1S/C40H24Cl8N2O4/c41-29-5-1-21(13-33(29)45)9-25-17-49(18-26(37(25)51)10-22-2-6-30(42)34(46)14-22)39(53)40(54)50-19-27(11-23-3-7-31(43)35(47)15-23)38(52)28(20-50)12-24-4-8-32(44)36(48)16-24/h1-16H,17-20H2/b25-9+,26-10+,27-11+,28-12+. The predicted molar refractivity (Wildman–Crippen MR) is 221 cm³/mol. The summed E-state index contributed by atoms with van der Waals surface area (Å²) in [5, 5.41) is 2.42. The normalized spacial score (nSPS) is 18.0. The molecular formula is C40H24Cl8N2O4. The van der Waals surface area contributed by atoms with E-state index in [1.807, 2.05) is 0 Å². The molecule has 2 amide bonds. The van der Waals surface area contributed by atoms with Crippen molar-refractivity contribution in [2.75, 3.05) is 26.2 Å². The second-order valence-electron chi connectivity index (χ2n) is 12.4. The van der Waals surface area contributed by atoms with E-state index in [1.54, 1.807) is 97.1 Å².